The standard InChI is InChI=1S/C27H31N3O4/c1-3-34-25(26(31)32)18-21-11-13-22(14-12-21)24-19-23(15-17-28-24)30(2)27(33)29-16-7-10-20-8-5-4-6-9-20/h4-6,8-9,11-15,17,19,25H,3,7,10,16,18H2,1-2H3,(H,29,33)(H,31,32)/t25-/m0/s1. The van der Waals surface area contributed by atoms with Crippen molar-refractivity contribution >= 4 is 17.7 Å². The maximum Gasteiger partial charge on any atom is 0.333 e. The molecule has 0 unspecified atom stereocenters. The van der Waals surface area contributed by atoms with Gasteiger partial charge >= 0.3 is 12.0 Å². The number of hydrogen-bond acceptors (Lipinski definition) is 4. The van der Waals surface area contributed by atoms with E-state index in [-0.39, 0.29) is 6.03 Å². The maximum atomic E-state index is 12.6. The summed E-state index contributed by atoms with van der Waals surface area (Å²) in [7, 11) is 1.73. The number of benzene rings is 2. The number of aryl methyl sites for hydroxylation is 1. The number of amides is 2. The van der Waals surface area contributed by atoms with Gasteiger partial charge in [0.1, 0.15) is 0 Å². The molecule has 7 nitrogen and oxygen atoms in total. The van der Waals surface area contributed by atoms with Crippen LogP contribution in [0.4, 0.5) is 10.5 Å². The monoisotopic (exact) mass is 461 g/mol. The van der Waals surface area contributed by atoms with Gasteiger partial charge in [0.25, 0.3) is 0 Å². The Morgan fingerprint density at radius 1 is 1.06 bits per heavy atom. The highest BCUT2D eigenvalue weighted by molar-refractivity contribution is 5.91. The Morgan fingerprint density at radius 3 is 2.47 bits per heavy atom. The van der Waals surface area contributed by atoms with Gasteiger partial charge in [0.2, 0.25) is 0 Å². The molecule has 34 heavy (non-hydrogen) atoms. The summed E-state index contributed by atoms with van der Waals surface area (Å²) >= 11 is 0. The molecule has 0 saturated carbocycles. The van der Waals surface area contributed by atoms with E-state index in [9.17, 15) is 14.7 Å². The van der Waals surface area contributed by atoms with E-state index < -0.39 is 12.1 Å². The Bertz CT molecular complexity index is 1070. The molecule has 3 rings (SSSR count). The summed E-state index contributed by atoms with van der Waals surface area (Å²) in [5.74, 6) is -0.971. The van der Waals surface area contributed by atoms with E-state index in [1.54, 1.807) is 31.1 Å². The fraction of sp³-hybridized carbons (Fsp3) is 0.296. The van der Waals surface area contributed by atoms with Gasteiger partial charge in [-0.3, -0.25) is 9.88 Å². The number of carbonyl (C=O) groups is 2. The van der Waals surface area contributed by atoms with E-state index in [0.29, 0.717) is 19.6 Å². The number of pyridine rings is 1. The van der Waals surface area contributed by atoms with Gasteiger partial charge < -0.3 is 15.2 Å². The summed E-state index contributed by atoms with van der Waals surface area (Å²) in [5.41, 5.74) is 4.47. The molecule has 0 aliphatic heterocycles. The first-order valence-corrected chi connectivity index (χ1v) is 11.4. The average molecular weight is 462 g/mol. The third kappa shape index (κ3) is 7.15. The number of ether oxygens (including phenoxy) is 1. The van der Waals surface area contributed by atoms with Crippen molar-refractivity contribution in [2.45, 2.75) is 32.3 Å². The highest BCUT2D eigenvalue weighted by atomic mass is 16.5. The second-order valence-corrected chi connectivity index (χ2v) is 7.96. The Hall–Kier alpha value is -3.71. The molecule has 0 aliphatic rings. The summed E-state index contributed by atoms with van der Waals surface area (Å²) in [5, 5.41) is 12.2. The number of carbonyl (C=O) groups excluding carboxylic acids is 1. The summed E-state index contributed by atoms with van der Waals surface area (Å²) in [6.07, 6.45) is 2.89. The molecule has 0 saturated heterocycles. The second kappa shape index (κ2) is 12.5. The number of carboxylic acids is 1. The molecule has 0 aliphatic carbocycles. The van der Waals surface area contributed by atoms with Crippen LogP contribution >= 0.6 is 0 Å². The zero-order chi connectivity index (χ0) is 24.3. The van der Waals surface area contributed by atoms with E-state index >= 15 is 0 Å². The molecule has 7 heteroatoms. The number of rotatable bonds is 11. The number of nitrogens with zero attached hydrogens (tertiary/aromatic N) is 2. The number of aromatic nitrogens is 1. The first-order chi connectivity index (χ1) is 16.5. The molecule has 0 spiro atoms. The minimum Gasteiger partial charge on any atom is -0.479 e. The van der Waals surface area contributed by atoms with Gasteiger partial charge in [-0.05, 0) is 43.0 Å². The molecule has 2 N–H and O–H groups in total. The van der Waals surface area contributed by atoms with Crippen molar-refractivity contribution < 1.29 is 19.4 Å². The largest absolute Gasteiger partial charge is 0.479 e. The molecule has 0 fully saturated rings. The molecular formula is C27H31N3O4. The van der Waals surface area contributed by atoms with Crippen LogP contribution in [0.3, 0.4) is 0 Å². The predicted octanol–water partition coefficient (Wildman–Crippen LogP) is 4.56. The number of urea groups is 1. The third-order valence-corrected chi connectivity index (χ3v) is 5.51. The van der Waals surface area contributed by atoms with Crippen molar-refractivity contribution in [1.82, 2.24) is 10.3 Å². The Kier molecular flexibility index (Phi) is 9.17. The number of anilines is 1. The van der Waals surface area contributed by atoms with Gasteiger partial charge in [0.15, 0.2) is 6.10 Å². The van der Waals surface area contributed by atoms with Crippen LogP contribution < -0.4 is 10.2 Å². The van der Waals surface area contributed by atoms with Crippen LogP contribution in [-0.4, -0.2) is 48.4 Å². The van der Waals surface area contributed by atoms with Crippen LogP contribution in [0.1, 0.15) is 24.5 Å². The molecule has 178 valence electrons. The molecule has 3 aromatic rings. The van der Waals surface area contributed by atoms with Crippen LogP contribution in [0.5, 0.6) is 0 Å². The summed E-state index contributed by atoms with van der Waals surface area (Å²) in [6.45, 7) is 2.72. The number of carboxylic acid groups (broad SMARTS) is 1. The first kappa shape index (κ1) is 24.9. The summed E-state index contributed by atoms with van der Waals surface area (Å²) in [6, 6.07) is 21.2. The lowest BCUT2D eigenvalue weighted by Gasteiger charge is -2.19. The molecule has 2 amide bonds. The highest BCUT2D eigenvalue weighted by Crippen LogP contribution is 2.23. The topological polar surface area (TPSA) is 91.8 Å². The fourth-order valence-electron chi connectivity index (χ4n) is 3.60. The van der Waals surface area contributed by atoms with Crippen LogP contribution in [0, 0.1) is 0 Å². The molecular weight excluding hydrogens is 430 g/mol. The Labute approximate surface area is 200 Å². The van der Waals surface area contributed by atoms with Crippen molar-refractivity contribution in [2.75, 3.05) is 25.1 Å². The van der Waals surface area contributed by atoms with Crippen molar-refractivity contribution in [2.24, 2.45) is 0 Å². The maximum absolute atomic E-state index is 12.6. The van der Waals surface area contributed by atoms with Crippen LogP contribution in [0.2, 0.25) is 0 Å². The SMILES string of the molecule is CCO[C@@H](Cc1ccc(-c2cc(N(C)C(=O)NCCCc3ccccc3)ccn2)cc1)C(=O)O. The van der Waals surface area contributed by atoms with Crippen LogP contribution in [0.15, 0.2) is 72.9 Å². The Balaban J connectivity index is 1.57. The molecule has 1 atom stereocenters. The molecule has 1 heterocycles. The van der Waals surface area contributed by atoms with Crippen molar-refractivity contribution in [1.29, 1.82) is 0 Å². The highest BCUT2D eigenvalue weighted by Gasteiger charge is 2.18. The number of nitrogens with one attached hydrogen (secondary N) is 1. The third-order valence-electron chi connectivity index (χ3n) is 5.51. The predicted molar refractivity (Wildman–Crippen MR) is 133 cm³/mol. The van der Waals surface area contributed by atoms with E-state index in [2.05, 4.69) is 22.4 Å². The first-order valence-electron chi connectivity index (χ1n) is 11.4. The minimum atomic E-state index is -0.971. The zero-order valence-electron chi connectivity index (χ0n) is 19.6. The van der Waals surface area contributed by atoms with Gasteiger partial charge in [-0.2, -0.15) is 0 Å². The lowest BCUT2D eigenvalue weighted by molar-refractivity contribution is -0.149. The number of aliphatic carboxylic acids is 1. The van der Waals surface area contributed by atoms with Gasteiger partial charge in [-0.1, -0.05) is 54.6 Å². The van der Waals surface area contributed by atoms with Crippen molar-refractivity contribution in [3.63, 3.8) is 0 Å². The summed E-state index contributed by atoms with van der Waals surface area (Å²) in [4.78, 5) is 29.9. The molecule has 0 bridgehead atoms. The van der Waals surface area contributed by atoms with Gasteiger partial charge in [-0.15, -0.1) is 0 Å². The molecule has 1 aromatic heterocycles. The minimum absolute atomic E-state index is 0.170. The smallest absolute Gasteiger partial charge is 0.333 e. The van der Waals surface area contributed by atoms with E-state index in [1.807, 2.05) is 48.5 Å². The lowest BCUT2D eigenvalue weighted by Crippen LogP contribution is -2.37. The van der Waals surface area contributed by atoms with E-state index in [0.717, 1.165) is 35.3 Å². The summed E-state index contributed by atoms with van der Waals surface area (Å²) < 4.78 is 5.29. The second-order valence-electron chi connectivity index (χ2n) is 7.96. The lowest BCUT2D eigenvalue weighted by atomic mass is 10.0. The molecule has 0 radical (unpaired) electrons. The van der Waals surface area contributed by atoms with Gasteiger partial charge in [0.05, 0.1) is 5.69 Å². The van der Waals surface area contributed by atoms with Crippen LogP contribution in [0.25, 0.3) is 11.3 Å². The quantitative estimate of drug-likeness (QED) is 0.409. The van der Waals surface area contributed by atoms with E-state index in [1.165, 1.54) is 5.56 Å². The van der Waals surface area contributed by atoms with Crippen LogP contribution in [-0.2, 0) is 22.4 Å². The van der Waals surface area contributed by atoms with Crippen molar-refractivity contribution in [3.05, 3.63) is 84.1 Å². The van der Waals surface area contributed by atoms with Gasteiger partial charge in [0, 0.05) is 44.1 Å². The van der Waals surface area contributed by atoms with E-state index in [4.69, 9.17) is 4.74 Å². The fourth-order valence-corrected chi connectivity index (χ4v) is 3.60. The normalized spacial score (nSPS) is 11.6. The zero-order valence-corrected chi connectivity index (χ0v) is 19.6. The molecule has 2 aromatic carbocycles. The Morgan fingerprint density at radius 2 is 1.79 bits per heavy atom. The van der Waals surface area contributed by atoms with Crippen molar-refractivity contribution in [3.8, 4) is 11.3 Å². The average Bonchev–Trinajstić information content (AvgIpc) is 2.87. The number of hydrogen-bond donors (Lipinski definition) is 2. The van der Waals surface area contributed by atoms with Gasteiger partial charge in [-0.25, -0.2) is 9.59 Å².